The number of nitrogens with one attached hydrogen (secondary N) is 1. The zero-order valence-corrected chi connectivity index (χ0v) is 4.28. The van der Waals surface area contributed by atoms with E-state index >= 15 is 0 Å². The molecule has 5 N–H and O–H groups in total. The first-order chi connectivity index (χ1) is 4.20. The van der Waals surface area contributed by atoms with Gasteiger partial charge in [0.1, 0.15) is 5.84 Å². The van der Waals surface area contributed by atoms with Crippen LogP contribution < -0.4 is 16.8 Å². The van der Waals surface area contributed by atoms with Crippen LogP contribution in [-0.2, 0) is 0 Å². The van der Waals surface area contributed by atoms with Gasteiger partial charge in [0.2, 0.25) is 0 Å². The molecule has 0 spiro atoms. The molecule has 8 heavy (non-hydrogen) atoms. The van der Waals surface area contributed by atoms with Gasteiger partial charge in [0, 0.05) is 6.20 Å². The molecule has 1 atom stereocenters. The number of rotatable bonds is 0. The predicted molar refractivity (Wildman–Crippen MR) is 31.9 cm³/mol. The van der Waals surface area contributed by atoms with Gasteiger partial charge in [-0.05, 0) is 6.08 Å². The van der Waals surface area contributed by atoms with Crippen LogP contribution in [0, 0.1) is 0 Å². The molecule has 1 unspecified atom stereocenters. The van der Waals surface area contributed by atoms with Crippen LogP contribution in [0.2, 0.25) is 1.41 Å². The minimum atomic E-state index is -0.644. The van der Waals surface area contributed by atoms with Gasteiger partial charge in [-0.3, -0.25) is 5.73 Å². The molecule has 1 aliphatic rings. The molecule has 0 saturated heterocycles. The van der Waals surface area contributed by atoms with Gasteiger partial charge in [0.25, 0.3) is 0 Å². The highest BCUT2D eigenvalue weighted by Crippen LogP contribution is 1.84. The molecule has 0 fully saturated rings. The Kier molecular flexibility index (Phi) is 0.896. The lowest BCUT2D eigenvalue weighted by Gasteiger charge is -2.10. The van der Waals surface area contributed by atoms with Crippen molar-refractivity contribution in [3.8, 4) is 0 Å². The first-order valence-corrected chi connectivity index (χ1v) is 2.24. The fourth-order valence-electron chi connectivity index (χ4n) is 0.437. The van der Waals surface area contributed by atoms with Crippen LogP contribution in [0.3, 0.4) is 0 Å². The molecule has 1 heterocycles. The van der Waals surface area contributed by atoms with Crippen molar-refractivity contribution in [2.24, 2.45) is 16.5 Å². The average Bonchev–Trinajstić information content (AvgIpc) is 1.80. The summed E-state index contributed by atoms with van der Waals surface area (Å²) >= 11 is 0. The zero-order valence-electron chi connectivity index (χ0n) is 5.28. The molecule has 0 aliphatic carbocycles. The number of hydrogen-bond donors (Lipinski definition) is 3. The fourth-order valence-corrected chi connectivity index (χ4v) is 0.437. The monoisotopic (exact) mass is 113 g/mol. The highest BCUT2D eigenvalue weighted by atomic mass is 15.2. The van der Waals surface area contributed by atoms with Crippen LogP contribution in [0.25, 0.3) is 0 Å². The van der Waals surface area contributed by atoms with Crippen LogP contribution in [-0.4, -0.2) is 12.1 Å². The SMILES string of the molecule is [2H]N1C=CC(N)=NC1N. The van der Waals surface area contributed by atoms with Crippen LogP contribution in [0.1, 0.15) is 0 Å². The van der Waals surface area contributed by atoms with Crippen molar-refractivity contribution in [3.63, 3.8) is 0 Å². The van der Waals surface area contributed by atoms with E-state index in [4.69, 9.17) is 12.9 Å². The van der Waals surface area contributed by atoms with E-state index in [0.29, 0.717) is 5.84 Å². The largest absolute Gasteiger partial charge is 0.384 e. The third-order valence-corrected chi connectivity index (χ3v) is 0.765. The molecule has 0 aromatic heterocycles. The average molecular weight is 113 g/mol. The van der Waals surface area contributed by atoms with Gasteiger partial charge in [-0.1, -0.05) is 0 Å². The molecule has 0 aromatic rings. The van der Waals surface area contributed by atoms with Crippen molar-refractivity contribution in [1.82, 2.24) is 5.31 Å². The molecule has 0 aromatic carbocycles. The maximum absolute atomic E-state index is 7.03. The fraction of sp³-hybridized carbons (Fsp3) is 0.250. The molecule has 0 bridgehead atoms. The summed E-state index contributed by atoms with van der Waals surface area (Å²) in [4.78, 5) is 3.69. The van der Waals surface area contributed by atoms with E-state index in [2.05, 4.69) is 4.99 Å². The van der Waals surface area contributed by atoms with Gasteiger partial charge in [-0.25, -0.2) is 4.99 Å². The number of nitrogens with two attached hydrogens (primary N) is 2. The lowest BCUT2D eigenvalue weighted by molar-refractivity contribution is 0.635. The summed E-state index contributed by atoms with van der Waals surface area (Å²) in [6, 6.07) is 0. The second kappa shape index (κ2) is 1.83. The quantitative estimate of drug-likeness (QED) is 0.365. The molecule has 4 nitrogen and oxygen atoms in total. The number of amidine groups is 1. The normalized spacial score (nSPS) is 29.6. The van der Waals surface area contributed by atoms with Crippen LogP contribution in [0.4, 0.5) is 0 Å². The van der Waals surface area contributed by atoms with Crippen molar-refractivity contribution >= 4 is 5.84 Å². The minimum Gasteiger partial charge on any atom is -0.384 e. The molecule has 1 rings (SSSR count). The first-order valence-electron chi connectivity index (χ1n) is 2.69. The Labute approximate surface area is 48.7 Å². The van der Waals surface area contributed by atoms with E-state index in [1.807, 2.05) is 0 Å². The van der Waals surface area contributed by atoms with Crippen LogP contribution in [0.5, 0.6) is 0 Å². The van der Waals surface area contributed by atoms with Gasteiger partial charge in [0.05, 0.1) is 0 Å². The topological polar surface area (TPSA) is 76.4 Å². The van der Waals surface area contributed by atoms with E-state index < -0.39 is 6.29 Å². The number of hydrogen-bond acceptors (Lipinski definition) is 4. The molecule has 0 radical (unpaired) electrons. The molecule has 44 valence electrons. The molecule has 1 aliphatic heterocycles. The Hall–Kier alpha value is -1.03. The van der Waals surface area contributed by atoms with Crippen molar-refractivity contribution in [3.05, 3.63) is 12.3 Å². The Morgan fingerprint density at radius 3 is 3.25 bits per heavy atom. The summed E-state index contributed by atoms with van der Waals surface area (Å²) in [5.41, 5.74) is 10.5. The van der Waals surface area contributed by atoms with Crippen molar-refractivity contribution < 1.29 is 1.41 Å². The van der Waals surface area contributed by atoms with Gasteiger partial charge < -0.3 is 11.0 Å². The standard InChI is InChI=1S/C4H8N4/c5-3-1-2-7-4(6)8-3/h1-2,4,7H,6H2,(H2,5,8)/i/hD. The van der Waals surface area contributed by atoms with E-state index in [9.17, 15) is 0 Å². The summed E-state index contributed by atoms with van der Waals surface area (Å²) in [6.45, 7) is 0. The third-order valence-electron chi connectivity index (χ3n) is 0.765. The minimum absolute atomic E-state index is 0.367. The Morgan fingerprint density at radius 2 is 2.75 bits per heavy atom. The Bertz CT molecular complexity index is 164. The Balaban J connectivity index is 2.70. The van der Waals surface area contributed by atoms with Gasteiger partial charge in [-0.15, -0.1) is 0 Å². The van der Waals surface area contributed by atoms with Gasteiger partial charge in [0.15, 0.2) is 7.70 Å². The van der Waals surface area contributed by atoms with Crippen LogP contribution >= 0.6 is 0 Å². The van der Waals surface area contributed by atoms with Crippen molar-refractivity contribution in [2.45, 2.75) is 6.29 Å². The van der Waals surface area contributed by atoms with E-state index in [1.165, 1.54) is 12.3 Å². The lowest BCUT2D eigenvalue weighted by atomic mass is 10.5. The summed E-state index contributed by atoms with van der Waals surface area (Å²) in [7, 11) is 0. The van der Waals surface area contributed by atoms with Crippen molar-refractivity contribution in [1.29, 1.82) is 0 Å². The molecular formula is C4H8N4. The Morgan fingerprint density at radius 1 is 2.00 bits per heavy atom. The highest BCUT2D eigenvalue weighted by molar-refractivity contribution is 5.91. The van der Waals surface area contributed by atoms with Gasteiger partial charge in [-0.2, -0.15) is 0 Å². The number of aliphatic imine (C=N–C) groups is 1. The third kappa shape index (κ3) is 0.974. The molecule has 0 saturated carbocycles. The smallest absolute Gasteiger partial charge is 0.173 e. The molecular weight excluding hydrogens is 104 g/mol. The highest BCUT2D eigenvalue weighted by Gasteiger charge is 1.98. The summed E-state index contributed by atoms with van der Waals surface area (Å²) in [6.07, 6.45) is 2.35. The van der Waals surface area contributed by atoms with Gasteiger partial charge >= 0.3 is 0 Å². The van der Waals surface area contributed by atoms with Crippen LogP contribution in [0.15, 0.2) is 17.3 Å². The second-order valence-electron chi connectivity index (χ2n) is 1.43. The van der Waals surface area contributed by atoms with Crippen molar-refractivity contribution in [2.75, 3.05) is 0 Å². The molecule has 4 heteroatoms. The molecule has 0 amide bonds. The zero-order chi connectivity index (χ0) is 6.85. The predicted octanol–water partition coefficient (Wildman–Crippen LogP) is -1.30. The maximum atomic E-state index is 7.03. The van der Waals surface area contributed by atoms with E-state index in [0.717, 1.165) is 5.31 Å². The van der Waals surface area contributed by atoms with E-state index in [1.54, 1.807) is 0 Å². The number of nitrogens with zero attached hydrogens (tertiary/aromatic N) is 1. The van der Waals surface area contributed by atoms with E-state index in [-0.39, 0.29) is 0 Å². The summed E-state index contributed by atoms with van der Waals surface area (Å²) in [5.74, 6) is 0.367. The first kappa shape index (κ1) is 3.91. The summed E-state index contributed by atoms with van der Waals surface area (Å²) < 4.78 is 7.03. The lowest BCUT2D eigenvalue weighted by Crippen LogP contribution is -2.36. The second-order valence-corrected chi connectivity index (χ2v) is 1.43. The maximum Gasteiger partial charge on any atom is 0.173 e. The summed E-state index contributed by atoms with van der Waals surface area (Å²) in [5, 5.41) is 1.02.